The van der Waals surface area contributed by atoms with Gasteiger partial charge in [-0.2, -0.15) is 20.1 Å². The molecule has 0 spiro atoms. The Morgan fingerprint density at radius 3 is 2.89 bits per heavy atom. The van der Waals surface area contributed by atoms with Crippen LogP contribution in [0, 0.1) is 0 Å². The molecule has 2 aromatic rings. The standard InChI is InChI=1S/C9H11ClN6O2/c10-7-13-8(11-4-6(18)5-17)15-9(14-7)16-3-1-2-12-16/h1-3,6,17-18H,4-5H2,(H,11,13,14,15). The Morgan fingerprint density at radius 2 is 2.22 bits per heavy atom. The van der Waals surface area contributed by atoms with Crippen LogP contribution >= 0.6 is 11.6 Å². The number of hydrogen-bond acceptors (Lipinski definition) is 7. The Bertz CT molecular complexity index is 506. The van der Waals surface area contributed by atoms with Crippen molar-refractivity contribution in [2.75, 3.05) is 18.5 Å². The predicted molar refractivity (Wildman–Crippen MR) is 63.5 cm³/mol. The largest absolute Gasteiger partial charge is 0.394 e. The Balaban J connectivity index is 2.17. The van der Waals surface area contributed by atoms with Crippen molar-refractivity contribution in [1.82, 2.24) is 24.7 Å². The molecule has 3 N–H and O–H groups in total. The van der Waals surface area contributed by atoms with Crippen LogP contribution in [0.2, 0.25) is 5.28 Å². The third kappa shape index (κ3) is 3.13. The summed E-state index contributed by atoms with van der Waals surface area (Å²) in [6.45, 7) is -0.243. The number of aliphatic hydroxyl groups excluding tert-OH is 2. The van der Waals surface area contributed by atoms with Crippen molar-refractivity contribution in [1.29, 1.82) is 0 Å². The molecule has 0 saturated carbocycles. The molecule has 0 aliphatic rings. The molecule has 96 valence electrons. The second-order valence-electron chi connectivity index (χ2n) is 3.40. The highest BCUT2D eigenvalue weighted by atomic mass is 35.5. The van der Waals surface area contributed by atoms with Crippen molar-refractivity contribution in [2.24, 2.45) is 0 Å². The van der Waals surface area contributed by atoms with Gasteiger partial charge in [0, 0.05) is 18.9 Å². The number of aliphatic hydroxyl groups is 2. The fourth-order valence-electron chi connectivity index (χ4n) is 1.18. The quantitative estimate of drug-likeness (QED) is 0.670. The van der Waals surface area contributed by atoms with Gasteiger partial charge in [0.05, 0.1) is 12.7 Å². The van der Waals surface area contributed by atoms with Crippen LogP contribution in [0.3, 0.4) is 0 Å². The van der Waals surface area contributed by atoms with E-state index in [1.54, 1.807) is 18.5 Å². The van der Waals surface area contributed by atoms with Gasteiger partial charge in [0.15, 0.2) is 0 Å². The third-order valence-corrected chi connectivity index (χ3v) is 2.18. The highest BCUT2D eigenvalue weighted by Crippen LogP contribution is 2.08. The van der Waals surface area contributed by atoms with Gasteiger partial charge in [-0.25, -0.2) is 4.68 Å². The molecule has 2 rings (SSSR count). The summed E-state index contributed by atoms with van der Waals surface area (Å²) in [5, 5.41) is 24.6. The van der Waals surface area contributed by atoms with E-state index in [9.17, 15) is 5.11 Å². The first-order valence-electron chi connectivity index (χ1n) is 5.13. The summed E-state index contributed by atoms with van der Waals surface area (Å²) in [5.74, 6) is 0.467. The topological polar surface area (TPSA) is 109 Å². The van der Waals surface area contributed by atoms with Gasteiger partial charge < -0.3 is 15.5 Å². The van der Waals surface area contributed by atoms with Crippen molar-refractivity contribution in [3.63, 3.8) is 0 Å². The SMILES string of the molecule is OCC(O)CNc1nc(Cl)nc(-n2cccn2)n1. The Hall–Kier alpha value is -1.77. The third-order valence-electron chi connectivity index (χ3n) is 2.01. The summed E-state index contributed by atoms with van der Waals surface area (Å²) in [6, 6.07) is 1.72. The number of nitrogens with zero attached hydrogens (tertiary/aromatic N) is 5. The van der Waals surface area contributed by atoms with E-state index in [0.29, 0.717) is 0 Å². The number of nitrogens with one attached hydrogen (secondary N) is 1. The molecule has 0 radical (unpaired) electrons. The van der Waals surface area contributed by atoms with E-state index in [-0.39, 0.29) is 30.3 Å². The number of hydrogen-bond donors (Lipinski definition) is 3. The van der Waals surface area contributed by atoms with Gasteiger partial charge in [0.1, 0.15) is 0 Å². The first kappa shape index (κ1) is 12.7. The average molecular weight is 271 g/mol. The smallest absolute Gasteiger partial charge is 0.256 e. The first-order valence-corrected chi connectivity index (χ1v) is 5.51. The van der Waals surface area contributed by atoms with E-state index >= 15 is 0 Å². The van der Waals surface area contributed by atoms with Gasteiger partial charge in [-0.3, -0.25) is 0 Å². The molecule has 0 amide bonds. The zero-order valence-electron chi connectivity index (χ0n) is 9.23. The minimum absolute atomic E-state index is 0.0106. The van der Waals surface area contributed by atoms with E-state index in [0.717, 1.165) is 0 Å². The van der Waals surface area contributed by atoms with Crippen LogP contribution in [-0.2, 0) is 0 Å². The Morgan fingerprint density at radius 1 is 1.39 bits per heavy atom. The summed E-state index contributed by atoms with van der Waals surface area (Å²) >= 11 is 5.76. The van der Waals surface area contributed by atoms with Gasteiger partial charge in [-0.05, 0) is 17.7 Å². The lowest BCUT2D eigenvalue weighted by Gasteiger charge is -2.09. The van der Waals surface area contributed by atoms with Gasteiger partial charge in [-0.1, -0.05) is 0 Å². The maximum Gasteiger partial charge on any atom is 0.256 e. The number of aromatic nitrogens is 5. The second-order valence-corrected chi connectivity index (χ2v) is 3.73. The van der Waals surface area contributed by atoms with E-state index in [1.807, 2.05) is 0 Å². The van der Waals surface area contributed by atoms with E-state index in [1.165, 1.54) is 4.68 Å². The molecule has 0 aliphatic heterocycles. The average Bonchev–Trinajstić information content (AvgIpc) is 2.89. The number of anilines is 1. The molecule has 1 unspecified atom stereocenters. The van der Waals surface area contributed by atoms with Crippen molar-refractivity contribution >= 4 is 17.5 Å². The van der Waals surface area contributed by atoms with E-state index in [4.69, 9.17) is 16.7 Å². The first-order chi connectivity index (χ1) is 8.69. The van der Waals surface area contributed by atoms with E-state index in [2.05, 4.69) is 25.4 Å². The van der Waals surface area contributed by atoms with Gasteiger partial charge in [-0.15, -0.1) is 0 Å². The van der Waals surface area contributed by atoms with Crippen LogP contribution in [0.15, 0.2) is 18.5 Å². The summed E-state index contributed by atoms with van der Waals surface area (Å²) < 4.78 is 1.43. The maximum atomic E-state index is 9.21. The lowest BCUT2D eigenvalue weighted by molar-refractivity contribution is 0.105. The summed E-state index contributed by atoms with van der Waals surface area (Å²) in [5.41, 5.74) is 0. The highest BCUT2D eigenvalue weighted by Gasteiger charge is 2.08. The van der Waals surface area contributed by atoms with Crippen LogP contribution in [0.25, 0.3) is 5.95 Å². The molecule has 0 saturated heterocycles. The zero-order valence-corrected chi connectivity index (χ0v) is 9.99. The molecule has 0 fully saturated rings. The van der Waals surface area contributed by atoms with Crippen LogP contribution in [0.4, 0.5) is 5.95 Å². The fourth-order valence-corrected chi connectivity index (χ4v) is 1.34. The number of halogens is 1. The second kappa shape index (κ2) is 5.71. The Labute approximate surface area is 107 Å². The van der Waals surface area contributed by atoms with Crippen molar-refractivity contribution in [3.05, 3.63) is 23.7 Å². The van der Waals surface area contributed by atoms with Crippen LogP contribution in [-0.4, -0.2) is 54.2 Å². The van der Waals surface area contributed by atoms with Gasteiger partial charge >= 0.3 is 0 Å². The molecule has 0 bridgehead atoms. The molecule has 0 aliphatic carbocycles. The fraction of sp³-hybridized carbons (Fsp3) is 0.333. The molecular weight excluding hydrogens is 260 g/mol. The van der Waals surface area contributed by atoms with Crippen molar-refractivity contribution < 1.29 is 10.2 Å². The van der Waals surface area contributed by atoms with Crippen molar-refractivity contribution in [2.45, 2.75) is 6.10 Å². The summed E-state index contributed by atoms with van der Waals surface area (Å²) in [4.78, 5) is 11.8. The lowest BCUT2D eigenvalue weighted by atomic mass is 10.4. The molecule has 9 heteroatoms. The Kier molecular flexibility index (Phi) is 4.03. The summed E-state index contributed by atoms with van der Waals surface area (Å²) in [7, 11) is 0. The minimum atomic E-state index is -0.895. The maximum absolute atomic E-state index is 9.21. The monoisotopic (exact) mass is 270 g/mol. The molecule has 0 aromatic carbocycles. The molecule has 2 aromatic heterocycles. The van der Waals surface area contributed by atoms with Crippen molar-refractivity contribution in [3.8, 4) is 5.95 Å². The van der Waals surface area contributed by atoms with E-state index < -0.39 is 6.10 Å². The highest BCUT2D eigenvalue weighted by molar-refractivity contribution is 6.28. The van der Waals surface area contributed by atoms with Crippen LogP contribution in [0.5, 0.6) is 0 Å². The predicted octanol–water partition coefficient (Wildman–Crippen LogP) is -0.524. The number of rotatable bonds is 5. The van der Waals surface area contributed by atoms with Gasteiger partial charge in [0.2, 0.25) is 11.2 Å². The molecule has 8 nitrogen and oxygen atoms in total. The van der Waals surface area contributed by atoms with Gasteiger partial charge in [0.25, 0.3) is 5.95 Å². The molecule has 2 heterocycles. The normalized spacial score (nSPS) is 12.4. The zero-order chi connectivity index (χ0) is 13.0. The minimum Gasteiger partial charge on any atom is -0.394 e. The molecular formula is C9H11ClN6O2. The lowest BCUT2D eigenvalue weighted by Crippen LogP contribution is -2.24. The molecule has 1 atom stereocenters. The summed E-state index contributed by atoms with van der Waals surface area (Å²) in [6.07, 6.45) is 2.35. The van der Waals surface area contributed by atoms with Crippen LogP contribution < -0.4 is 5.32 Å². The van der Waals surface area contributed by atoms with Crippen LogP contribution in [0.1, 0.15) is 0 Å². The molecule has 18 heavy (non-hydrogen) atoms.